The van der Waals surface area contributed by atoms with Crippen molar-refractivity contribution in [3.63, 3.8) is 0 Å². The summed E-state index contributed by atoms with van der Waals surface area (Å²) in [6, 6.07) is 0. The predicted octanol–water partition coefficient (Wildman–Crippen LogP) is 6.67. The topological polar surface area (TPSA) is 125 Å². The van der Waals surface area contributed by atoms with E-state index in [0.717, 1.165) is 38.5 Å². The molecule has 0 saturated heterocycles. The number of Topliss-reactive ketones (excluding diaryl/α,β-unsaturated/α-hetero) is 3. The van der Waals surface area contributed by atoms with E-state index in [1.54, 1.807) is 0 Å². The van der Waals surface area contributed by atoms with Crippen molar-refractivity contribution in [2.45, 2.75) is 135 Å². The molecule has 1 N–H and O–H groups in total. The number of carbonyl (C=O) groups is 4. The van der Waals surface area contributed by atoms with E-state index in [1.807, 2.05) is 0 Å². The Kier molecular flexibility index (Phi) is 30.9. The summed E-state index contributed by atoms with van der Waals surface area (Å²) in [6.45, 7) is 4.21. The van der Waals surface area contributed by atoms with Crippen LogP contribution < -0.4 is 0 Å². The summed E-state index contributed by atoms with van der Waals surface area (Å²) in [5, 5.41) is 8.62. The third kappa shape index (κ3) is 34.5. The highest BCUT2D eigenvalue weighted by atomic mass is 16.5. The van der Waals surface area contributed by atoms with E-state index < -0.39 is 5.97 Å². The number of carboxylic acid groups (broad SMARTS) is 1. The fraction of sp³-hybridized carbons (Fsp3) is 0.879. The molecule has 0 aliphatic heterocycles. The molecule has 0 aliphatic rings. The maximum atomic E-state index is 12.0. The molecule has 0 heterocycles. The Bertz CT molecular complexity index is 666. The molecule has 0 atom stereocenters. The maximum absolute atomic E-state index is 12.0. The first kappa shape index (κ1) is 40.3. The average molecular weight is 601 g/mol. The number of ketones is 3. The van der Waals surface area contributed by atoms with Crippen LogP contribution in [-0.4, -0.2) is 81.3 Å². The van der Waals surface area contributed by atoms with Gasteiger partial charge in [0.15, 0.2) is 11.6 Å². The quantitative estimate of drug-likeness (QED) is 0.0794. The summed E-state index contributed by atoms with van der Waals surface area (Å²) in [7, 11) is 0. The molecule has 9 heteroatoms. The van der Waals surface area contributed by atoms with Crippen molar-refractivity contribution < 1.29 is 43.2 Å². The molecule has 0 spiro atoms. The molecule has 0 aromatic heterocycles. The zero-order chi connectivity index (χ0) is 30.9. The Hall–Kier alpha value is -1.68. The lowest BCUT2D eigenvalue weighted by Gasteiger charge is -2.06. The van der Waals surface area contributed by atoms with Crippen LogP contribution >= 0.6 is 0 Å². The fourth-order valence-electron chi connectivity index (χ4n) is 4.50. The lowest BCUT2D eigenvalue weighted by molar-refractivity contribution is -0.137. The summed E-state index contributed by atoms with van der Waals surface area (Å²) in [5.41, 5.74) is 0. The van der Waals surface area contributed by atoms with Gasteiger partial charge >= 0.3 is 5.97 Å². The van der Waals surface area contributed by atoms with Crippen LogP contribution in [0.15, 0.2) is 0 Å². The van der Waals surface area contributed by atoms with Gasteiger partial charge in [0.2, 0.25) is 0 Å². The maximum Gasteiger partial charge on any atom is 0.303 e. The van der Waals surface area contributed by atoms with E-state index in [-0.39, 0.29) is 24.8 Å². The van der Waals surface area contributed by atoms with Gasteiger partial charge in [-0.1, -0.05) is 77.0 Å². The molecule has 0 aliphatic carbocycles. The molecule has 0 amide bonds. The summed E-state index contributed by atoms with van der Waals surface area (Å²) in [4.78, 5) is 45.0. The number of rotatable bonds is 35. The Morgan fingerprint density at radius 3 is 1.21 bits per heavy atom. The van der Waals surface area contributed by atoms with Crippen LogP contribution in [0.3, 0.4) is 0 Å². The van der Waals surface area contributed by atoms with Gasteiger partial charge in [0.25, 0.3) is 0 Å². The van der Waals surface area contributed by atoms with E-state index in [0.29, 0.717) is 77.5 Å². The van der Waals surface area contributed by atoms with Crippen molar-refractivity contribution in [1.82, 2.24) is 0 Å². The van der Waals surface area contributed by atoms with Crippen molar-refractivity contribution in [2.75, 3.05) is 52.9 Å². The Labute approximate surface area is 254 Å². The lowest BCUT2D eigenvalue weighted by atomic mass is 10.0. The van der Waals surface area contributed by atoms with Gasteiger partial charge in [-0.15, -0.1) is 0 Å². The first-order chi connectivity index (χ1) is 20.4. The lowest BCUT2D eigenvalue weighted by Crippen LogP contribution is -2.14. The van der Waals surface area contributed by atoms with E-state index in [9.17, 15) is 19.2 Å². The SMILES string of the molecule is CC(=O)COCCOCCCC(=O)COCCOCCCC(=O)CCCCCCCCCCCCCCCCC(=O)O. The predicted molar refractivity (Wildman–Crippen MR) is 164 cm³/mol. The van der Waals surface area contributed by atoms with E-state index >= 15 is 0 Å². The van der Waals surface area contributed by atoms with Crippen molar-refractivity contribution >= 4 is 23.3 Å². The zero-order valence-electron chi connectivity index (χ0n) is 26.5. The minimum absolute atomic E-state index is 0.0144. The van der Waals surface area contributed by atoms with Crippen LogP contribution in [0.4, 0.5) is 0 Å². The molecule has 0 bridgehead atoms. The molecular weight excluding hydrogens is 540 g/mol. The number of carboxylic acids is 1. The molecule has 0 aromatic carbocycles. The van der Waals surface area contributed by atoms with E-state index in [4.69, 9.17) is 24.1 Å². The van der Waals surface area contributed by atoms with Crippen LogP contribution in [0.2, 0.25) is 0 Å². The van der Waals surface area contributed by atoms with E-state index in [2.05, 4.69) is 0 Å². The number of hydrogen-bond donors (Lipinski definition) is 1. The third-order valence-electron chi connectivity index (χ3n) is 6.90. The first-order valence-corrected chi connectivity index (χ1v) is 16.5. The molecule has 42 heavy (non-hydrogen) atoms. The van der Waals surface area contributed by atoms with Gasteiger partial charge in [0.05, 0.1) is 26.4 Å². The molecule has 0 rings (SSSR count). The Morgan fingerprint density at radius 2 is 0.762 bits per heavy atom. The van der Waals surface area contributed by atoms with Crippen molar-refractivity contribution in [3.8, 4) is 0 Å². The van der Waals surface area contributed by atoms with Crippen molar-refractivity contribution in [1.29, 1.82) is 0 Å². The molecule has 0 radical (unpaired) electrons. The minimum Gasteiger partial charge on any atom is -0.481 e. The average Bonchev–Trinajstić information content (AvgIpc) is 2.95. The van der Waals surface area contributed by atoms with Crippen LogP contribution in [-0.2, 0) is 38.1 Å². The summed E-state index contributed by atoms with van der Waals surface area (Å²) in [5.74, 6) is -0.354. The normalized spacial score (nSPS) is 11.2. The highest BCUT2D eigenvalue weighted by Crippen LogP contribution is 2.14. The number of carbonyl (C=O) groups excluding carboxylic acids is 3. The Morgan fingerprint density at radius 1 is 0.405 bits per heavy atom. The molecule has 0 aromatic rings. The zero-order valence-corrected chi connectivity index (χ0v) is 26.5. The molecule has 0 fully saturated rings. The molecule has 9 nitrogen and oxygen atoms in total. The molecule has 246 valence electrons. The number of hydrogen-bond acceptors (Lipinski definition) is 8. The molecular formula is C33H60O9. The van der Waals surface area contributed by atoms with Crippen LogP contribution in [0.5, 0.6) is 0 Å². The monoisotopic (exact) mass is 600 g/mol. The van der Waals surface area contributed by atoms with E-state index in [1.165, 1.54) is 64.7 Å². The fourth-order valence-corrected chi connectivity index (χ4v) is 4.50. The van der Waals surface area contributed by atoms with Gasteiger partial charge in [0, 0.05) is 38.9 Å². The van der Waals surface area contributed by atoms with Crippen LogP contribution in [0.1, 0.15) is 135 Å². The van der Waals surface area contributed by atoms with Gasteiger partial charge in [-0.3, -0.25) is 19.2 Å². The first-order valence-electron chi connectivity index (χ1n) is 16.5. The van der Waals surface area contributed by atoms with Crippen molar-refractivity contribution in [3.05, 3.63) is 0 Å². The number of ether oxygens (including phenoxy) is 4. The van der Waals surface area contributed by atoms with Gasteiger partial charge in [-0.25, -0.2) is 0 Å². The van der Waals surface area contributed by atoms with Crippen LogP contribution in [0, 0.1) is 0 Å². The van der Waals surface area contributed by atoms with Gasteiger partial charge in [-0.05, 0) is 32.6 Å². The largest absolute Gasteiger partial charge is 0.481 e. The van der Waals surface area contributed by atoms with Gasteiger partial charge in [-0.2, -0.15) is 0 Å². The van der Waals surface area contributed by atoms with Gasteiger partial charge < -0.3 is 24.1 Å². The number of unbranched alkanes of at least 4 members (excludes halogenated alkanes) is 13. The molecule has 0 saturated carbocycles. The highest BCUT2D eigenvalue weighted by molar-refractivity contribution is 5.79. The van der Waals surface area contributed by atoms with Crippen molar-refractivity contribution in [2.24, 2.45) is 0 Å². The van der Waals surface area contributed by atoms with Crippen LogP contribution in [0.25, 0.3) is 0 Å². The second kappa shape index (κ2) is 32.2. The third-order valence-corrected chi connectivity index (χ3v) is 6.90. The number of aliphatic carboxylic acids is 1. The molecule has 0 unspecified atom stereocenters. The Balaban J connectivity index is 3.26. The smallest absolute Gasteiger partial charge is 0.303 e. The second-order valence-electron chi connectivity index (χ2n) is 11.2. The minimum atomic E-state index is -0.685. The highest BCUT2D eigenvalue weighted by Gasteiger charge is 2.04. The van der Waals surface area contributed by atoms with Gasteiger partial charge in [0.1, 0.15) is 19.0 Å². The summed E-state index contributed by atoms with van der Waals surface area (Å²) < 4.78 is 21.3. The summed E-state index contributed by atoms with van der Waals surface area (Å²) in [6.07, 6.45) is 19.9. The second-order valence-corrected chi connectivity index (χ2v) is 11.2. The summed E-state index contributed by atoms with van der Waals surface area (Å²) >= 11 is 0. The standard InChI is InChI=1S/C33H60O9/c1-30(34)28-41-26-24-40-23-17-20-32(36)29-42-27-25-39-22-16-19-31(35)18-14-12-10-8-6-4-2-3-5-7-9-11-13-15-21-33(37)38/h2-29H2,1H3,(H,37,38).